The Hall–Kier alpha value is -1.98. The molecule has 0 amide bonds. The van der Waals surface area contributed by atoms with E-state index in [9.17, 15) is 35.9 Å². The standard InChI is InChI=1S/C17H8Cl2F6O2/c18-13-5-9(7-26)1-3-11(13)15(16(20,21)22,17(23,24)25)12-4-2-10(8-27)6-14(12)19/h1-4H,5-6H2. The molecule has 0 atom stereocenters. The highest BCUT2D eigenvalue weighted by Gasteiger charge is 2.74. The summed E-state index contributed by atoms with van der Waals surface area (Å²) in [6.07, 6.45) is -10.5. The van der Waals surface area contributed by atoms with E-state index in [1.54, 1.807) is 0 Å². The quantitative estimate of drug-likeness (QED) is 0.428. The lowest BCUT2D eigenvalue weighted by atomic mass is 9.68. The smallest absolute Gasteiger partial charge is 0.233 e. The van der Waals surface area contributed by atoms with Gasteiger partial charge in [0.25, 0.3) is 0 Å². The molecule has 2 rings (SSSR count). The Balaban J connectivity index is 2.92. The number of alkyl halides is 6. The largest absolute Gasteiger partial charge is 0.411 e. The van der Waals surface area contributed by atoms with Crippen molar-refractivity contribution < 1.29 is 35.9 Å². The maximum atomic E-state index is 14.0. The zero-order valence-electron chi connectivity index (χ0n) is 13.1. The molecule has 0 saturated carbocycles. The fraction of sp³-hybridized carbons (Fsp3) is 0.294. The Kier molecular flexibility index (Phi) is 5.69. The molecule has 0 bridgehead atoms. The molecule has 144 valence electrons. The summed E-state index contributed by atoms with van der Waals surface area (Å²) in [4.78, 5) is 21.3. The molecule has 0 N–H and O–H groups in total. The molecular weight excluding hydrogens is 421 g/mol. The van der Waals surface area contributed by atoms with Crippen molar-refractivity contribution in [3.05, 3.63) is 56.7 Å². The molecule has 0 aromatic carbocycles. The number of halogens is 8. The number of hydrogen-bond acceptors (Lipinski definition) is 2. The SMILES string of the molecule is O=C=C1C=CC(C(C2=C(Cl)CC(=C=O)C=C2)(C(F)(F)F)C(F)(F)F)=C(Cl)C1. The zero-order valence-corrected chi connectivity index (χ0v) is 14.6. The highest BCUT2D eigenvalue weighted by atomic mass is 35.5. The Morgan fingerprint density at radius 1 is 0.704 bits per heavy atom. The second-order valence-electron chi connectivity index (χ2n) is 5.66. The van der Waals surface area contributed by atoms with Gasteiger partial charge in [0, 0.05) is 34.1 Å². The van der Waals surface area contributed by atoms with E-state index in [0.29, 0.717) is 12.2 Å². The van der Waals surface area contributed by atoms with E-state index in [-0.39, 0.29) is 11.1 Å². The van der Waals surface area contributed by atoms with Crippen molar-refractivity contribution in [2.24, 2.45) is 5.41 Å². The van der Waals surface area contributed by atoms with Crippen molar-refractivity contribution in [2.45, 2.75) is 25.2 Å². The van der Waals surface area contributed by atoms with Crippen LogP contribution in [0.1, 0.15) is 12.8 Å². The summed E-state index contributed by atoms with van der Waals surface area (Å²) in [6.45, 7) is 0. The summed E-state index contributed by atoms with van der Waals surface area (Å²) in [7, 11) is 0. The average molecular weight is 429 g/mol. The molecule has 0 radical (unpaired) electrons. The van der Waals surface area contributed by atoms with Crippen LogP contribution in [0.15, 0.2) is 56.7 Å². The summed E-state index contributed by atoms with van der Waals surface area (Å²) in [6, 6.07) is 0. The second-order valence-corrected chi connectivity index (χ2v) is 6.57. The van der Waals surface area contributed by atoms with Gasteiger partial charge in [-0.05, 0) is 23.3 Å². The van der Waals surface area contributed by atoms with Crippen LogP contribution in [0.5, 0.6) is 0 Å². The van der Waals surface area contributed by atoms with Crippen molar-refractivity contribution in [3.8, 4) is 0 Å². The first-order chi connectivity index (χ1) is 12.4. The number of carbonyl (C=O) groups excluding carboxylic acids is 2. The normalized spacial score (nSPS) is 18.8. The molecule has 10 heteroatoms. The third-order valence-corrected chi connectivity index (χ3v) is 4.77. The van der Waals surface area contributed by atoms with Gasteiger partial charge in [-0.25, -0.2) is 9.59 Å². The Morgan fingerprint density at radius 2 is 1.04 bits per heavy atom. The van der Waals surface area contributed by atoms with E-state index in [0.717, 1.165) is 12.2 Å². The molecule has 0 heterocycles. The van der Waals surface area contributed by atoms with Crippen LogP contribution in [0.4, 0.5) is 26.3 Å². The van der Waals surface area contributed by atoms with Crippen molar-refractivity contribution in [1.29, 1.82) is 0 Å². The molecule has 0 spiro atoms. The first-order valence-electron chi connectivity index (χ1n) is 7.16. The van der Waals surface area contributed by atoms with E-state index in [1.165, 1.54) is 11.9 Å². The van der Waals surface area contributed by atoms with Crippen LogP contribution >= 0.6 is 23.2 Å². The number of hydrogen-bond donors (Lipinski definition) is 0. The fourth-order valence-electron chi connectivity index (χ4n) is 2.91. The third kappa shape index (κ3) is 3.46. The summed E-state index contributed by atoms with van der Waals surface area (Å²) >= 11 is 11.5. The first-order valence-corrected chi connectivity index (χ1v) is 7.91. The monoisotopic (exact) mass is 428 g/mol. The van der Waals surface area contributed by atoms with Crippen LogP contribution in [-0.4, -0.2) is 24.2 Å². The lowest BCUT2D eigenvalue weighted by Crippen LogP contribution is -2.53. The highest BCUT2D eigenvalue weighted by molar-refractivity contribution is 6.31. The first kappa shape index (κ1) is 21.3. The van der Waals surface area contributed by atoms with Gasteiger partial charge >= 0.3 is 12.4 Å². The van der Waals surface area contributed by atoms with Crippen LogP contribution in [0, 0.1) is 5.41 Å². The van der Waals surface area contributed by atoms with Crippen LogP contribution in [0.25, 0.3) is 0 Å². The van der Waals surface area contributed by atoms with Crippen molar-refractivity contribution in [1.82, 2.24) is 0 Å². The summed E-state index contributed by atoms with van der Waals surface area (Å²) in [5.74, 6) is 2.77. The van der Waals surface area contributed by atoms with E-state index in [2.05, 4.69) is 0 Å². The predicted octanol–water partition coefficient (Wildman–Crippen LogP) is 5.52. The molecule has 2 nitrogen and oxygen atoms in total. The van der Waals surface area contributed by atoms with E-state index in [1.807, 2.05) is 0 Å². The van der Waals surface area contributed by atoms with Crippen molar-refractivity contribution in [2.75, 3.05) is 0 Å². The summed E-state index contributed by atoms with van der Waals surface area (Å²) < 4.78 is 84.0. The third-order valence-electron chi connectivity index (χ3n) is 4.10. The topological polar surface area (TPSA) is 34.1 Å². The fourth-order valence-corrected chi connectivity index (χ4v) is 3.60. The molecule has 0 unspecified atom stereocenters. The molecule has 2 aliphatic carbocycles. The minimum Gasteiger partial charge on any atom is -0.233 e. The average Bonchev–Trinajstić information content (AvgIpc) is 2.55. The van der Waals surface area contributed by atoms with Gasteiger partial charge in [-0.15, -0.1) is 0 Å². The molecular formula is C17H8Cl2F6O2. The maximum Gasteiger partial charge on any atom is 0.411 e. The predicted molar refractivity (Wildman–Crippen MR) is 86.2 cm³/mol. The van der Waals surface area contributed by atoms with E-state index in [4.69, 9.17) is 23.2 Å². The second kappa shape index (κ2) is 7.21. The molecule has 2 aliphatic rings. The Morgan fingerprint density at radius 3 is 1.26 bits per heavy atom. The lowest BCUT2D eigenvalue weighted by Gasteiger charge is -2.41. The zero-order chi connectivity index (χ0) is 20.6. The lowest BCUT2D eigenvalue weighted by molar-refractivity contribution is -0.309. The number of allylic oxidation sites excluding steroid dienone is 10. The van der Waals surface area contributed by atoms with Crippen LogP contribution in [0.2, 0.25) is 0 Å². The Labute approximate surface area is 158 Å². The van der Waals surface area contributed by atoms with Crippen LogP contribution in [-0.2, 0) is 9.59 Å². The molecule has 0 aromatic heterocycles. The summed E-state index contributed by atoms with van der Waals surface area (Å²) in [5.41, 5.74) is -7.52. The van der Waals surface area contributed by atoms with Gasteiger partial charge in [-0.2, -0.15) is 26.3 Å². The maximum absolute atomic E-state index is 14.0. The minimum absolute atomic E-state index is 0.201. The van der Waals surface area contributed by atoms with Gasteiger partial charge < -0.3 is 0 Å². The van der Waals surface area contributed by atoms with Gasteiger partial charge in [0.1, 0.15) is 11.9 Å². The van der Waals surface area contributed by atoms with Gasteiger partial charge in [0.05, 0.1) is 0 Å². The van der Waals surface area contributed by atoms with Crippen molar-refractivity contribution in [3.63, 3.8) is 0 Å². The van der Waals surface area contributed by atoms with Crippen molar-refractivity contribution >= 4 is 35.1 Å². The number of rotatable bonds is 2. The summed E-state index contributed by atoms with van der Waals surface area (Å²) in [5, 5.41) is -1.62. The van der Waals surface area contributed by atoms with Crippen LogP contribution < -0.4 is 0 Å². The Bertz CT molecular complexity index is 815. The minimum atomic E-state index is -5.88. The van der Waals surface area contributed by atoms with Gasteiger partial charge in [0.15, 0.2) is 0 Å². The van der Waals surface area contributed by atoms with Gasteiger partial charge in [-0.1, -0.05) is 35.4 Å². The van der Waals surface area contributed by atoms with Gasteiger partial charge in [-0.3, -0.25) is 0 Å². The molecule has 0 aliphatic heterocycles. The van der Waals surface area contributed by atoms with E-state index >= 15 is 0 Å². The molecule has 27 heavy (non-hydrogen) atoms. The molecule has 0 fully saturated rings. The molecule has 0 aromatic rings. The van der Waals surface area contributed by atoms with Gasteiger partial charge in [0.2, 0.25) is 5.41 Å². The van der Waals surface area contributed by atoms with E-state index < -0.39 is 51.8 Å². The van der Waals surface area contributed by atoms with Crippen LogP contribution in [0.3, 0.4) is 0 Å². The molecule has 0 saturated heterocycles. The highest BCUT2D eigenvalue weighted by Crippen LogP contribution is 2.63.